The van der Waals surface area contributed by atoms with Gasteiger partial charge in [-0.15, -0.1) is 6.58 Å². The first-order chi connectivity index (χ1) is 18.5. The van der Waals surface area contributed by atoms with E-state index in [2.05, 4.69) is 33.0 Å². The number of carbonyl (C=O) groups excluding carboxylic acids is 1. The molecule has 0 unspecified atom stereocenters. The molecule has 1 aliphatic rings. The van der Waals surface area contributed by atoms with E-state index in [0.29, 0.717) is 42.5 Å². The van der Waals surface area contributed by atoms with E-state index in [9.17, 15) is 4.79 Å². The van der Waals surface area contributed by atoms with Gasteiger partial charge in [0.1, 0.15) is 12.2 Å². The number of furan rings is 1. The Bertz CT molecular complexity index is 1530. The molecule has 0 atom stereocenters. The van der Waals surface area contributed by atoms with Gasteiger partial charge in [-0.1, -0.05) is 28.1 Å². The Morgan fingerprint density at radius 2 is 1.97 bits per heavy atom. The van der Waals surface area contributed by atoms with Crippen molar-refractivity contribution in [2.45, 2.75) is 20.0 Å². The van der Waals surface area contributed by atoms with Crippen molar-refractivity contribution in [2.24, 2.45) is 5.10 Å². The monoisotopic (exact) mass is 576 g/mol. The second-order valence-electron chi connectivity index (χ2n) is 8.40. The van der Waals surface area contributed by atoms with Crippen molar-refractivity contribution in [2.75, 3.05) is 13.4 Å². The maximum Gasteiger partial charge on any atom is 0.307 e. The number of benzene rings is 3. The normalized spacial score (nSPS) is 12.2. The standard InChI is InChI=1S/C29H25BrN2O6/c1-3-5-20-10-19(15-31-32-29(33)27-14-21-13-22(30)7-9-23(21)38-27)12-26(34-4-2)28(20)35-16-18-6-8-24-25(11-18)37-17-36-24/h3,6-15H,1,4-5,16-17H2,2H3,(H,32,33)/b31-15+. The third-order valence-electron chi connectivity index (χ3n) is 5.72. The summed E-state index contributed by atoms with van der Waals surface area (Å²) in [6, 6.07) is 16.7. The van der Waals surface area contributed by atoms with Gasteiger partial charge in [-0.2, -0.15) is 5.10 Å². The van der Waals surface area contributed by atoms with Crippen molar-refractivity contribution in [3.8, 4) is 23.0 Å². The molecule has 0 saturated heterocycles. The SMILES string of the molecule is C=CCc1cc(/C=N/NC(=O)c2cc3cc(Br)ccc3o2)cc(OCC)c1OCc1ccc2c(c1)OCO2. The average Bonchev–Trinajstić information content (AvgIpc) is 3.55. The molecule has 194 valence electrons. The number of hydrazone groups is 1. The van der Waals surface area contributed by atoms with Crippen LogP contribution in [0.25, 0.3) is 11.0 Å². The largest absolute Gasteiger partial charge is 0.490 e. The van der Waals surface area contributed by atoms with Crippen molar-refractivity contribution in [1.82, 2.24) is 5.43 Å². The summed E-state index contributed by atoms with van der Waals surface area (Å²) >= 11 is 3.42. The Morgan fingerprint density at radius 1 is 1.11 bits per heavy atom. The molecule has 2 heterocycles. The lowest BCUT2D eigenvalue weighted by Gasteiger charge is -2.17. The van der Waals surface area contributed by atoms with Crippen LogP contribution in [0.5, 0.6) is 23.0 Å². The van der Waals surface area contributed by atoms with Gasteiger partial charge in [-0.3, -0.25) is 4.79 Å². The lowest BCUT2D eigenvalue weighted by atomic mass is 10.1. The minimum absolute atomic E-state index is 0.171. The minimum Gasteiger partial charge on any atom is -0.490 e. The molecule has 8 nitrogen and oxygen atoms in total. The molecule has 5 rings (SSSR count). The van der Waals surface area contributed by atoms with E-state index < -0.39 is 5.91 Å². The highest BCUT2D eigenvalue weighted by atomic mass is 79.9. The first-order valence-corrected chi connectivity index (χ1v) is 12.8. The van der Waals surface area contributed by atoms with E-state index >= 15 is 0 Å². The molecule has 0 spiro atoms. The second-order valence-corrected chi connectivity index (χ2v) is 9.32. The summed E-state index contributed by atoms with van der Waals surface area (Å²) in [5, 5.41) is 4.94. The van der Waals surface area contributed by atoms with Gasteiger partial charge >= 0.3 is 5.91 Å². The molecule has 1 aliphatic heterocycles. The first-order valence-electron chi connectivity index (χ1n) is 12.0. The zero-order chi connectivity index (χ0) is 26.5. The third-order valence-corrected chi connectivity index (χ3v) is 6.21. The van der Waals surface area contributed by atoms with Gasteiger partial charge in [-0.05, 0) is 73.0 Å². The van der Waals surface area contributed by atoms with E-state index in [1.54, 1.807) is 24.4 Å². The average molecular weight is 577 g/mol. The van der Waals surface area contributed by atoms with Crippen molar-refractivity contribution in [3.63, 3.8) is 0 Å². The molecular weight excluding hydrogens is 552 g/mol. The summed E-state index contributed by atoms with van der Waals surface area (Å²) < 4.78 is 29.5. The molecule has 0 radical (unpaired) electrons. The Balaban J connectivity index is 1.33. The fourth-order valence-electron chi connectivity index (χ4n) is 4.02. The number of hydrogen-bond donors (Lipinski definition) is 1. The molecular formula is C29H25BrN2O6. The highest BCUT2D eigenvalue weighted by molar-refractivity contribution is 9.10. The molecule has 4 aromatic rings. The Hall–Kier alpha value is -4.24. The lowest BCUT2D eigenvalue weighted by molar-refractivity contribution is 0.0929. The van der Waals surface area contributed by atoms with Crippen molar-refractivity contribution >= 4 is 39.0 Å². The van der Waals surface area contributed by atoms with Crippen LogP contribution in [0.2, 0.25) is 0 Å². The molecule has 0 aliphatic carbocycles. The van der Waals surface area contributed by atoms with E-state index in [1.807, 2.05) is 49.4 Å². The highest BCUT2D eigenvalue weighted by Crippen LogP contribution is 2.36. The van der Waals surface area contributed by atoms with Gasteiger partial charge in [0.15, 0.2) is 28.8 Å². The molecule has 0 bridgehead atoms. The fraction of sp³-hybridized carbons (Fsp3) is 0.172. The summed E-state index contributed by atoms with van der Waals surface area (Å²) in [5.74, 6) is 2.34. The number of nitrogens with zero attached hydrogens (tertiary/aromatic N) is 1. The minimum atomic E-state index is -0.450. The van der Waals surface area contributed by atoms with Gasteiger partial charge in [0.25, 0.3) is 0 Å². The summed E-state index contributed by atoms with van der Waals surface area (Å²) in [6.45, 7) is 6.77. The summed E-state index contributed by atoms with van der Waals surface area (Å²) in [5.41, 5.74) is 5.68. The highest BCUT2D eigenvalue weighted by Gasteiger charge is 2.17. The van der Waals surface area contributed by atoms with Crippen molar-refractivity contribution < 1.29 is 28.2 Å². The summed E-state index contributed by atoms with van der Waals surface area (Å²) in [6.07, 6.45) is 3.90. The van der Waals surface area contributed by atoms with Crippen LogP contribution in [0.3, 0.4) is 0 Å². The number of allylic oxidation sites excluding steroid dienone is 1. The number of nitrogens with one attached hydrogen (secondary N) is 1. The maximum atomic E-state index is 12.6. The van der Waals surface area contributed by atoms with Crippen LogP contribution in [0, 0.1) is 0 Å². The van der Waals surface area contributed by atoms with Crippen LogP contribution >= 0.6 is 15.9 Å². The van der Waals surface area contributed by atoms with Crippen molar-refractivity contribution in [1.29, 1.82) is 0 Å². The number of rotatable bonds is 10. The van der Waals surface area contributed by atoms with Gasteiger partial charge in [0, 0.05) is 15.4 Å². The Morgan fingerprint density at radius 3 is 2.82 bits per heavy atom. The van der Waals surface area contributed by atoms with E-state index in [4.69, 9.17) is 23.4 Å². The molecule has 0 saturated carbocycles. The lowest BCUT2D eigenvalue weighted by Crippen LogP contribution is -2.16. The number of ether oxygens (including phenoxy) is 4. The van der Waals surface area contributed by atoms with Crippen LogP contribution in [0.4, 0.5) is 0 Å². The van der Waals surface area contributed by atoms with Gasteiger partial charge in [0.2, 0.25) is 6.79 Å². The molecule has 38 heavy (non-hydrogen) atoms. The quantitative estimate of drug-likeness (QED) is 0.133. The third kappa shape index (κ3) is 5.68. The van der Waals surface area contributed by atoms with E-state index in [-0.39, 0.29) is 12.6 Å². The molecule has 1 amide bonds. The van der Waals surface area contributed by atoms with E-state index in [0.717, 1.165) is 32.3 Å². The molecule has 0 fully saturated rings. The first kappa shape index (κ1) is 25.4. The molecule has 1 N–H and O–H groups in total. The van der Waals surface area contributed by atoms with Gasteiger partial charge in [-0.25, -0.2) is 5.43 Å². The second kappa shape index (κ2) is 11.4. The van der Waals surface area contributed by atoms with Crippen LogP contribution < -0.4 is 24.4 Å². The number of fused-ring (bicyclic) bond motifs is 2. The number of hydrogen-bond acceptors (Lipinski definition) is 7. The Kier molecular flexibility index (Phi) is 7.65. The van der Waals surface area contributed by atoms with Crippen molar-refractivity contribution in [3.05, 3.63) is 94.2 Å². The van der Waals surface area contributed by atoms with Gasteiger partial charge < -0.3 is 23.4 Å². The Labute approximate surface area is 228 Å². The topological polar surface area (TPSA) is 91.5 Å². The number of halogens is 1. The maximum absolute atomic E-state index is 12.6. The van der Waals surface area contributed by atoms with Gasteiger partial charge in [0.05, 0.1) is 12.8 Å². The predicted molar refractivity (Wildman–Crippen MR) is 147 cm³/mol. The predicted octanol–water partition coefficient (Wildman–Crippen LogP) is 6.39. The molecule has 3 aromatic carbocycles. The van der Waals surface area contributed by atoms with Crippen LogP contribution in [-0.2, 0) is 13.0 Å². The smallest absolute Gasteiger partial charge is 0.307 e. The number of carbonyl (C=O) groups is 1. The number of amides is 1. The van der Waals surface area contributed by atoms with Crippen LogP contribution in [-0.4, -0.2) is 25.5 Å². The fourth-order valence-corrected chi connectivity index (χ4v) is 4.40. The van der Waals surface area contributed by atoms with Crippen LogP contribution in [0.1, 0.15) is 34.2 Å². The zero-order valence-electron chi connectivity index (χ0n) is 20.7. The zero-order valence-corrected chi connectivity index (χ0v) is 22.2. The summed E-state index contributed by atoms with van der Waals surface area (Å²) in [7, 11) is 0. The van der Waals surface area contributed by atoms with E-state index in [1.165, 1.54) is 0 Å². The molecule has 9 heteroatoms. The van der Waals surface area contributed by atoms with Crippen LogP contribution in [0.15, 0.2) is 81.2 Å². The summed E-state index contributed by atoms with van der Waals surface area (Å²) in [4.78, 5) is 12.6. The molecule has 1 aromatic heterocycles.